The number of halogens is 1. The van der Waals surface area contributed by atoms with E-state index in [2.05, 4.69) is 15.3 Å². The van der Waals surface area contributed by atoms with Gasteiger partial charge in [-0.15, -0.1) is 0 Å². The molecule has 1 aliphatic heterocycles. The number of nitrogens with one attached hydrogen (secondary N) is 2. The van der Waals surface area contributed by atoms with Gasteiger partial charge in [-0.2, -0.15) is 0 Å². The first-order chi connectivity index (χ1) is 12.4. The van der Waals surface area contributed by atoms with Crippen LogP contribution in [0.3, 0.4) is 0 Å². The number of hydrogen-bond donors (Lipinski definition) is 3. The number of carboxylic acids is 1. The molecule has 3 rings (SSSR count). The van der Waals surface area contributed by atoms with E-state index in [4.69, 9.17) is 16.3 Å². The number of benzene rings is 1. The zero-order valence-corrected chi connectivity index (χ0v) is 14.2. The maximum Gasteiger partial charge on any atom is 0.331 e. The second-order valence-corrected chi connectivity index (χ2v) is 6.12. The van der Waals surface area contributed by atoms with E-state index in [0.717, 1.165) is 0 Å². The number of amides is 1. The molecule has 3 N–H and O–H groups in total. The van der Waals surface area contributed by atoms with Crippen LogP contribution in [-0.4, -0.2) is 52.1 Å². The van der Waals surface area contributed by atoms with Gasteiger partial charge in [-0.05, 0) is 18.2 Å². The summed E-state index contributed by atoms with van der Waals surface area (Å²) in [6.07, 6.45) is 2.97. The Balaban J connectivity index is 1.70. The molecule has 0 aliphatic carbocycles. The van der Waals surface area contributed by atoms with E-state index in [1.165, 1.54) is 23.5 Å². The highest BCUT2D eigenvalue weighted by atomic mass is 35.5. The first-order valence-electron chi connectivity index (χ1n) is 7.67. The summed E-state index contributed by atoms with van der Waals surface area (Å²) in [4.78, 5) is 43.5. The summed E-state index contributed by atoms with van der Waals surface area (Å²) in [7, 11) is 0. The Hall–Kier alpha value is -3.07. The molecule has 26 heavy (non-hydrogen) atoms. The zero-order chi connectivity index (χ0) is 18.7. The quantitative estimate of drug-likeness (QED) is 0.496. The van der Waals surface area contributed by atoms with E-state index in [-0.39, 0.29) is 19.5 Å². The molecule has 10 heteroatoms. The molecule has 0 radical (unpaired) electrons. The number of carboxylic acid groups (broad SMARTS) is 1. The minimum atomic E-state index is -1.17. The summed E-state index contributed by atoms with van der Waals surface area (Å²) in [5.41, 5.74) is 1.07. The Morgan fingerprint density at radius 2 is 2.27 bits per heavy atom. The predicted molar refractivity (Wildman–Crippen MR) is 91.2 cm³/mol. The highest BCUT2D eigenvalue weighted by molar-refractivity contribution is 6.31. The number of H-pyrrole nitrogens is 1. The van der Waals surface area contributed by atoms with Gasteiger partial charge in [0, 0.05) is 23.3 Å². The number of esters is 1. The van der Waals surface area contributed by atoms with E-state index >= 15 is 0 Å². The molecule has 0 bridgehead atoms. The smallest absolute Gasteiger partial charge is 0.331 e. The van der Waals surface area contributed by atoms with Gasteiger partial charge in [0.05, 0.1) is 18.6 Å². The Morgan fingerprint density at radius 1 is 1.46 bits per heavy atom. The number of imidazole rings is 1. The van der Waals surface area contributed by atoms with Gasteiger partial charge in [0.15, 0.2) is 5.75 Å². The molecule has 0 spiro atoms. The van der Waals surface area contributed by atoms with Crippen molar-refractivity contribution >= 4 is 35.1 Å². The number of aliphatic carboxylic acids is 1. The largest absolute Gasteiger partial charge is 0.480 e. The number of carbonyl (C=O) groups excluding carboxylic acids is 2. The number of anilines is 1. The van der Waals surface area contributed by atoms with Crippen molar-refractivity contribution in [2.24, 2.45) is 0 Å². The number of ether oxygens (including phenoxy) is 1. The summed E-state index contributed by atoms with van der Waals surface area (Å²) in [5, 5.41) is 12.2. The fourth-order valence-corrected chi connectivity index (χ4v) is 2.76. The summed E-state index contributed by atoms with van der Waals surface area (Å²) < 4.78 is 5.11. The lowest BCUT2D eigenvalue weighted by Crippen LogP contribution is -2.48. The number of aromatic nitrogens is 2. The lowest BCUT2D eigenvalue weighted by molar-refractivity contribution is -0.141. The molecule has 2 heterocycles. The molecule has 0 saturated carbocycles. The SMILES string of the molecule is O=C(CN1CC(=O)Oc2ccc(Cl)cc21)NC(Cc1cnc[nH]1)C(=O)O. The highest BCUT2D eigenvalue weighted by Crippen LogP contribution is 2.34. The van der Waals surface area contributed by atoms with E-state index in [1.54, 1.807) is 12.1 Å². The zero-order valence-electron chi connectivity index (χ0n) is 13.4. The number of nitrogens with zero attached hydrogens (tertiary/aromatic N) is 2. The van der Waals surface area contributed by atoms with Crippen molar-refractivity contribution in [1.82, 2.24) is 15.3 Å². The third kappa shape index (κ3) is 4.12. The molecule has 136 valence electrons. The van der Waals surface area contributed by atoms with Crippen molar-refractivity contribution < 1.29 is 24.2 Å². The number of hydrogen-bond acceptors (Lipinski definition) is 6. The molecule has 1 unspecified atom stereocenters. The molecule has 1 aromatic heterocycles. The van der Waals surface area contributed by atoms with Crippen LogP contribution in [0.15, 0.2) is 30.7 Å². The van der Waals surface area contributed by atoms with Crippen molar-refractivity contribution in [3.8, 4) is 5.75 Å². The predicted octanol–water partition coefficient (Wildman–Crippen LogP) is 0.601. The molecule has 1 atom stereocenters. The van der Waals surface area contributed by atoms with E-state index in [9.17, 15) is 19.5 Å². The van der Waals surface area contributed by atoms with Crippen molar-refractivity contribution in [1.29, 1.82) is 0 Å². The first-order valence-corrected chi connectivity index (χ1v) is 8.05. The molecule has 1 amide bonds. The normalized spacial score (nSPS) is 14.3. The third-order valence-electron chi connectivity index (χ3n) is 3.75. The minimum absolute atomic E-state index is 0.0610. The van der Waals surface area contributed by atoms with Crippen molar-refractivity contribution in [3.63, 3.8) is 0 Å². The van der Waals surface area contributed by atoms with E-state index in [0.29, 0.717) is 22.2 Å². The molecule has 1 aliphatic rings. The van der Waals surface area contributed by atoms with Crippen molar-refractivity contribution in [2.75, 3.05) is 18.0 Å². The van der Waals surface area contributed by atoms with Crippen molar-refractivity contribution in [2.45, 2.75) is 12.5 Å². The second kappa shape index (κ2) is 7.44. The number of fused-ring (bicyclic) bond motifs is 1. The highest BCUT2D eigenvalue weighted by Gasteiger charge is 2.28. The Bertz CT molecular complexity index is 839. The standard InChI is InChI=1S/C16H15ClN4O5/c17-9-1-2-13-12(3-9)21(7-15(23)26-13)6-14(22)20-11(16(24)25)4-10-5-18-8-19-10/h1-3,5,8,11H,4,6-7H2,(H,18,19)(H,20,22)(H,24,25). The van der Waals surface area contributed by atoms with Gasteiger partial charge in [0.25, 0.3) is 0 Å². The fourth-order valence-electron chi connectivity index (χ4n) is 2.59. The van der Waals surface area contributed by atoms with Crippen LogP contribution < -0.4 is 15.0 Å². The second-order valence-electron chi connectivity index (χ2n) is 5.68. The van der Waals surface area contributed by atoms with Gasteiger partial charge in [-0.1, -0.05) is 11.6 Å². The number of aromatic amines is 1. The van der Waals surface area contributed by atoms with Crippen LogP contribution in [-0.2, 0) is 20.8 Å². The fraction of sp³-hybridized carbons (Fsp3) is 0.250. The van der Waals surface area contributed by atoms with Crippen LogP contribution in [0.2, 0.25) is 5.02 Å². The van der Waals surface area contributed by atoms with Gasteiger partial charge < -0.3 is 25.0 Å². The first kappa shape index (κ1) is 17.7. The summed E-state index contributed by atoms with van der Waals surface area (Å²) in [6, 6.07) is 3.56. The Morgan fingerprint density at radius 3 is 2.96 bits per heavy atom. The lowest BCUT2D eigenvalue weighted by atomic mass is 10.1. The molecule has 0 fully saturated rings. The topological polar surface area (TPSA) is 125 Å². The van der Waals surface area contributed by atoms with E-state index in [1.807, 2.05) is 0 Å². The van der Waals surface area contributed by atoms with Gasteiger partial charge >= 0.3 is 11.9 Å². The van der Waals surface area contributed by atoms with Crippen LogP contribution in [0.5, 0.6) is 5.75 Å². The van der Waals surface area contributed by atoms with Gasteiger partial charge in [0.2, 0.25) is 5.91 Å². The number of carbonyl (C=O) groups is 3. The van der Waals surface area contributed by atoms with Gasteiger partial charge in [-0.3, -0.25) is 4.79 Å². The molecule has 0 saturated heterocycles. The average molecular weight is 379 g/mol. The average Bonchev–Trinajstić information content (AvgIpc) is 3.08. The van der Waals surface area contributed by atoms with Crippen LogP contribution in [0, 0.1) is 0 Å². The summed E-state index contributed by atoms with van der Waals surface area (Å²) in [6.45, 7) is -0.353. The molecule has 1 aromatic carbocycles. The maximum atomic E-state index is 12.3. The lowest BCUT2D eigenvalue weighted by Gasteiger charge is -2.29. The Kier molecular flexibility index (Phi) is 5.08. The Labute approximate surface area is 152 Å². The molecular weight excluding hydrogens is 364 g/mol. The van der Waals surface area contributed by atoms with Crippen LogP contribution in [0.1, 0.15) is 5.69 Å². The van der Waals surface area contributed by atoms with E-state index < -0.39 is 23.9 Å². The van der Waals surface area contributed by atoms with Gasteiger partial charge in [-0.25, -0.2) is 14.6 Å². The minimum Gasteiger partial charge on any atom is -0.480 e. The molecule has 2 aromatic rings. The van der Waals surface area contributed by atoms with Crippen LogP contribution in [0.25, 0.3) is 0 Å². The van der Waals surface area contributed by atoms with Crippen LogP contribution >= 0.6 is 11.6 Å². The molecular formula is C16H15ClN4O5. The van der Waals surface area contributed by atoms with Crippen molar-refractivity contribution in [3.05, 3.63) is 41.4 Å². The monoisotopic (exact) mass is 378 g/mol. The van der Waals surface area contributed by atoms with Crippen LogP contribution in [0.4, 0.5) is 5.69 Å². The van der Waals surface area contributed by atoms with Gasteiger partial charge in [0.1, 0.15) is 12.6 Å². The number of rotatable bonds is 6. The summed E-state index contributed by atoms with van der Waals surface area (Å²) >= 11 is 5.97. The maximum absolute atomic E-state index is 12.3. The third-order valence-corrected chi connectivity index (χ3v) is 3.99. The summed E-state index contributed by atoms with van der Waals surface area (Å²) in [5.74, 6) is -1.93. The molecule has 9 nitrogen and oxygen atoms in total.